The summed E-state index contributed by atoms with van der Waals surface area (Å²) in [5.41, 5.74) is 0.961. The van der Waals surface area contributed by atoms with Crippen LogP contribution in [0.4, 0.5) is 5.82 Å². The highest BCUT2D eigenvalue weighted by Crippen LogP contribution is 2.12. The van der Waals surface area contributed by atoms with E-state index >= 15 is 0 Å². The van der Waals surface area contributed by atoms with Crippen LogP contribution in [-0.4, -0.2) is 16.1 Å². The van der Waals surface area contributed by atoms with Crippen molar-refractivity contribution in [1.82, 2.24) is 10.2 Å². The molecule has 0 spiro atoms. The van der Waals surface area contributed by atoms with E-state index in [1.165, 1.54) is 0 Å². The average molecular weight is 280 g/mol. The van der Waals surface area contributed by atoms with E-state index in [0.29, 0.717) is 12.2 Å². The lowest BCUT2D eigenvalue weighted by Crippen LogP contribution is -2.14. The molecule has 0 atom stereocenters. The lowest BCUT2D eigenvalue weighted by Gasteiger charge is -2.02. The van der Waals surface area contributed by atoms with Crippen molar-refractivity contribution in [3.8, 4) is 0 Å². The van der Waals surface area contributed by atoms with Crippen molar-refractivity contribution in [1.29, 1.82) is 0 Å². The number of halogens is 1. The molecule has 2 aromatic rings. The van der Waals surface area contributed by atoms with E-state index in [1.54, 1.807) is 12.3 Å². The van der Waals surface area contributed by atoms with Crippen LogP contribution in [0, 0.1) is 0 Å². The third-order valence-corrected chi connectivity index (χ3v) is 2.52. The molecule has 1 amide bonds. The summed E-state index contributed by atoms with van der Waals surface area (Å²) in [5, 5.41) is 9.18. The molecule has 4 nitrogen and oxygen atoms in total. The van der Waals surface area contributed by atoms with Crippen LogP contribution in [0.5, 0.6) is 0 Å². The van der Waals surface area contributed by atoms with E-state index in [1.807, 2.05) is 24.3 Å². The Balaban J connectivity index is 1.97. The fraction of sp³-hybridized carbons (Fsp3) is 0.0909. The summed E-state index contributed by atoms with van der Waals surface area (Å²) in [6, 6.07) is 9.37. The quantitative estimate of drug-likeness (QED) is 0.906. The maximum Gasteiger partial charge on any atom is 0.229 e. The first-order valence-electron chi connectivity index (χ1n) is 4.78. The first-order chi connectivity index (χ1) is 7.74. The molecule has 16 heavy (non-hydrogen) atoms. The summed E-state index contributed by atoms with van der Waals surface area (Å²) in [6.07, 6.45) is 2.00. The predicted molar refractivity (Wildman–Crippen MR) is 65.1 cm³/mol. The SMILES string of the molecule is O=C(Cc1cccc(Br)c1)Nc1cc[nH]n1. The number of hydrogen-bond acceptors (Lipinski definition) is 2. The second kappa shape index (κ2) is 4.94. The molecule has 0 fully saturated rings. The Morgan fingerprint density at radius 3 is 3.00 bits per heavy atom. The first-order valence-corrected chi connectivity index (χ1v) is 5.57. The Kier molecular flexibility index (Phi) is 3.36. The molecule has 1 heterocycles. The largest absolute Gasteiger partial charge is 0.309 e. The maximum atomic E-state index is 11.6. The number of benzene rings is 1. The van der Waals surface area contributed by atoms with Gasteiger partial charge in [0, 0.05) is 16.7 Å². The maximum absolute atomic E-state index is 11.6. The van der Waals surface area contributed by atoms with Gasteiger partial charge in [0.2, 0.25) is 5.91 Å². The van der Waals surface area contributed by atoms with E-state index in [4.69, 9.17) is 0 Å². The van der Waals surface area contributed by atoms with E-state index in [-0.39, 0.29) is 5.91 Å². The number of amides is 1. The second-order valence-corrected chi connectivity index (χ2v) is 4.23. The molecule has 0 aliphatic heterocycles. The van der Waals surface area contributed by atoms with Gasteiger partial charge in [0.05, 0.1) is 6.42 Å². The summed E-state index contributed by atoms with van der Waals surface area (Å²) >= 11 is 3.36. The van der Waals surface area contributed by atoms with Gasteiger partial charge in [-0.2, -0.15) is 5.10 Å². The first kappa shape index (κ1) is 10.9. The highest BCUT2D eigenvalue weighted by atomic mass is 79.9. The van der Waals surface area contributed by atoms with E-state index in [2.05, 4.69) is 31.4 Å². The Hall–Kier alpha value is -1.62. The van der Waals surface area contributed by atoms with Crippen LogP contribution >= 0.6 is 15.9 Å². The second-order valence-electron chi connectivity index (χ2n) is 3.31. The number of nitrogens with one attached hydrogen (secondary N) is 2. The number of nitrogens with zero attached hydrogens (tertiary/aromatic N) is 1. The zero-order valence-electron chi connectivity index (χ0n) is 8.40. The lowest BCUT2D eigenvalue weighted by molar-refractivity contribution is -0.115. The number of hydrogen-bond donors (Lipinski definition) is 2. The molecule has 2 N–H and O–H groups in total. The summed E-state index contributed by atoms with van der Waals surface area (Å²) in [6.45, 7) is 0. The topological polar surface area (TPSA) is 57.8 Å². The van der Waals surface area contributed by atoms with Crippen LogP contribution in [0.15, 0.2) is 41.0 Å². The van der Waals surface area contributed by atoms with Gasteiger partial charge in [-0.25, -0.2) is 0 Å². The molecule has 2 rings (SSSR count). The smallest absolute Gasteiger partial charge is 0.229 e. The van der Waals surface area contributed by atoms with Crippen molar-refractivity contribution in [2.45, 2.75) is 6.42 Å². The zero-order chi connectivity index (χ0) is 11.4. The molecule has 0 unspecified atom stereocenters. The van der Waals surface area contributed by atoms with Crippen molar-refractivity contribution in [2.24, 2.45) is 0 Å². The molecule has 1 aromatic heterocycles. The van der Waals surface area contributed by atoms with E-state index < -0.39 is 0 Å². The van der Waals surface area contributed by atoms with Gasteiger partial charge in [0.25, 0.3) is 0 Å². The van der Waals surface area contributed by atoms with Crippen molar-refractivity contribution in [3.63, 3.8) is 0 Å². The highest BCUT2D eigenvalue weighted by molar-refractivity contribution is 9.10. The molecule has 0 saturated heterocycles. The number of aromatic nitrogens is 2. The molecule has 1 aromatic carbocycles. The fourth-order valence-electron chi connectivity index (χ4n) is 1.35. The standard InChI is InChI=1S/C11H10BrN3O/c12-9-3-1-2-8(6-9)7-11(16)14-10-4-5-13-15-10/h1-6H,7H2,(H2,13,14,15,16). The molecule has 0 bridgehead atoms. The van der Waals surface area contributed by atoms with Gasteiger partial charge in [-0.05, 0) is 17.7 Å². The molecule has 0 aliphatic carbocycles. The predicted octanol–water partition coefficient (Wildman–Crippen LogP) is 2.35. The molecule has 82 valence electrons. The van der Waals surface area contributed by atoms with Gasteiger partial charge >= 0.3 is 0 Å². The Morgan fingerprint density at radius 2 is 2.31 bits per heavy atom. The number of carbonyl (C=O) groups excluding carboxylic acids is 1. The summed E-state index contributed by atoms with van der Waals surface area (Å²) in [4.78, 5) is 11.6. The number of H-pyrrole nitrogens is 1. The zero-order valence-corrected chi connectivity index (χ0v) is 9.99. The highest BCUT2D eigenvalue weighted by Gasteiger charge is 2.05. The van der Waals surface area contributed by atoms with E-state index in [9.17, 15) is 4.79 Å². The molecular weight excluding hydrogens is 270 g/mol. The number of carbonyl (C=O) groups is 1. The third-order valence-electron chi connectivity index (χ3n) is 2.02. The molecular formula is C11H10BrN3O. The molecule has 0 aliphatic rings. The van der Waals surface area contributed by atoms with Crippen LogP contribution in [0.3, 0.4) is 0 Å². The molecule has 0 radical (unpaired) electrons. The Bertz CT molecular complexity index is 482. The van der Waals surface area contributed by atoms with Gasteiger partial charge in [0.1, 0.15) is 0 Å². The van der Waals surface area contributed by atoms with Crippen LogP contribution < -0.4 is 5.32 Å². The monoisotopic (exact) mass is 279 g/mol. The lowest BCUT2D eigenvalue weighted by atomic mass is 10.1. The van der Waals surface area contributed by atoms with Crippen molar-refractivity contribution >= 4 is 27.7 Å². The van der Waals surface area contributed by atoms with Gasteiger partial charge in [0.15, 0.2) is 5.82 Å². The van der Waals surface area contributed by atoms with E-state index in [0.717, 1.165) is 10.0 Å². The van der Waals surface area contributed by atoms with Crippen LogP contribution in [0.2, 0.25) is 0 Å². The van der Waals surface area contributed by atoms with Crippen LogP contribution in [0.1, 0.15) is 5.56 Å². The summed E-state index contributed by atoms with van der Waals surface area (Å²) < 4.78 is 0.970. The number of anilines is 1. The Labute approximate surface area is 101 Å². The normalized spacial score (nSPS) is 10.1. The van der Waals surface area contributed by atoms with Crippen LogP contribution in [-0.2, 0) is 11.2 Å². The minimum Gasteiger partial charge on any atom is -0.309 e. The third kappa shape index (κ3) is 2.93. The van der Waals surface area contributed by atoms with Gasteiger partial charge in [-0.3, -0.25) is 9.89 Å². The summed E-state index contributed by atoms with van der Waals surface area (Å²) in [5.74, 6) is 0.463. The number of rotatable bonds is 3. The van der Waals surface area contributed by atoms with Crippen molar-refractivity contribution in [2.75, 3.05) is 5.32 Å². The number of aromatic amines is 1. The van der Waals surface area contributed by atoms with Gasteiger partial charge in [-0.15, -0.1) is 0 Å². The Morgan fingerprint density at radius 1 is 1.44 bits per heavy atom. The van der Waals surface area contributed by atoms with Crippen molar-refractivity contribution in [3.05, 3.63) is 46.6 Å². The molecule has 5 heteroatoms. The minimum absolute atomic E-state index is 0.0785. The minimum atomic E-state index is -0.0785. The van der Waals surface area contributed by atoms with Crippen LogP contribution in [0.25, 0.3) is 0 Å². The van der Waals surface area contributed by atoms with Gasteiger partial charge in [-0.1, -0.05) is 28.1 Å². The molecule has 0 saturated carbocycles. The fourth-order valence-corrected chi connectivity index (χ4v) is 1.80. The average Bonchev–Trinajstić information content (AvgIpc) is 2.70. The summed E-state index contributed by atoms with van der Waals surface area (Å²) in [7, 11) is 0. The van der Waals surface area contributed by atoms with Gasteiger partial charge < -0.3 is 5.32 Å². The van der Waals surface area contributed by atoms with Crippen molar-refractivity contribution < 1.29 is 4.79 Å².